The van der Waals surface area contributed by atoms with E-state index < -0.39 is 5.82 Å². The van der Waals surface area contributed by atoms with Gasteiger partial charge in [-0.3, -0.25) is 0 Å². The number of halogens is 2. The van der Waals surface area contributed by atoms with Gasteiger partial charge in [0.2, 0.25) is 11.2 Å². The monoisotopic (exact) mass is 322 g/mol. The molecule has 1 aromatic carbocycles. The molecule has 1 aromatic heterocycles. The Labute approximate surface area is 132 Å². The molecule has 0 aliphatic carbocycles. The molecule has 1 aliphatic rings. The summed E-state index contributed by atoms with van der Waals surface area (Å²) >= 11 is 5.96. The van der Waals surface area contributed by atoms with Crippen molar-refractivity contribution in [3.05, 3.63) is 35.4 Å². The van der Waals surface area contributed by atoms with Gasteiger partial charge in [-0.1, -0.05) is 19.1 Å². The third kappa shape index (κ3) is 3.34. The van der Waals surface area contributed by atoms with E-state index in [1.807, 2.05) is 0 Å². The lowest BCUT2D eigenvalue weighted by Crippen LogP contribution is -2.36. The fraction of sp³-hybridized carbons (Fsp3) is 0.400. The zero-order valence-electron chi connectivity index (χ0n) is 12.1. The SMILES string of the molecule is C[C@@H]1COCCC1Nc1nc(Cl)nc(-c2ccccc2F)n1. The molecule has 0 amide bonds. The van der Waals surface area contributed by atoms with Crippen LogP contribution in [0.1, 0.15) is 13.3 Å². The molecule has 0 radical (unpaired) electrons. The summed E-state index contributed by atoms with van der Waals surface area (Å²) < 4.78 is 19.3. The molecular formula is C15H16ClFN4O. The Morgan fingerprint density at radius 1 is 1.27 bits per heavy atom. The third-order valence-electron chi connectivity index (χ3n) is 3.68. The highest BCUT2D eigenvalue weighted by Crippen LogP contribution is 2.23. The van der Waals surface area contributed by atoms with Crippen molar-refractivity contribution in [1.82, 2.24) is 15.0 Å². The molecule has 2 heterocycles. The van der Waals surface area contributed by atoms with E-state index in [2.05, 4.69) is 27.2 Å². The van der Waals surface area contributed by atoms with E-state index in [4.69, 9.17) is 16.3 Å². The third-order valence-corrected chi connectivity index (χ3v) is 3.85. The summed E-state index contributed by atoms with van der Waals surface area (Å²) in [4.78, 5) is 12.4. The molecule has 22 heavy (non-hydrogen) atoms. The standard InChI is InChI=1S/C15H16ClFN4O/c1-9-8-22-7-6-12(9)18-15-20-13(19-14(16)21-15)10-4-2-3-5-11(10)17/h2-5,9,12H,6-8H2,1H3,(H,18,19,20,21)/t9-,12?/m1/s1. The summed E-state index contributed by atoms with van der Waals surface area (Å²) in [6.45, 7) is 3.48. The van der Waals surface area contributed by atoms with Crippen molar-refractivity contribution in [3.63, 3.8) is 0 Å². The highest BCUT2D eigenvalue weighted by Gasteiger charge is 2.23. The second-order valence-corrected chi connectivity index (χ2v) is 5.66. The maximum atomic E-state index is 13.9. The predicted octanol–water partition coefficient (Wildman–Crippen LogP) is 3.17. The lowest BCUT2D eigenvalue weighted by Gasteiger charge is -2.29. The van der Waals surface area contributed by atoms with E-state index in [9.17, 15) is 4.39 Å². The Balaban J connectivity index is 1.88. The van der Waals surface area contributed by atoms with Crippen molar-refractivity contribution in [2.45, 2.75) is 19.4 Å². The van der Waals surface area contributed by atoms with Gasteiger partial charge in [-0.15, -0.1) is 0 Å². The number of benzene rings is 1. The van der Waals surface area contributed by atoms with Crippen LogP contribution in [0, 0.1) is 11.7 Å². The number of nitrogens with zero attached hydrogens (tertiary/aromatic N) is 3. The Hall–Kier alpha value is -1.79. The van der Waals surface area contributed by atoms with Gasteiger partial charge in [-0.25, -0.2) is 4.39 Å². The summed E-state index contributed by atoms with van der Waals surface area (Å²) in [6, 6.07) is 6.51. The summed E-state index contributed by atoms with van der Waals surface area (Å²) in [5.41, 5.74) is 0.301. The van der Waals surface area contributed by atoms with Crippen molar-refractivity contribution in [3.8, 4) is 11.4 Å². The van der Waals surface area contributed by atoms with Crippen molar-refractivity contribution in [1.29, 1.82) is 0 Å². The lowest BCUT2D eigenvalue weighted by atomic mass is 9.98. The zero-order valence-corrected chi connectivity index (χ0v) is 12.8. The van der Waals surface area contributed by atoms with Crippen LogP contribution >= 0.6 is 11.6 Å². The van der Waals surface area contributed by atoms with Crippen LogP contribution in [0.25, 0.3) is 11.4 Å². The van der Waals surface area contributed by atoms with Crippen LogP contribution in [0.5, 0.6) is 0 Å². The molecule has 1 N–H and O–H groups in total. The minimum absolute atomic E-state index is 0.0375. The first kappa shape index (κ1) is 15.1. The largest absolute Gasteiger partial charge is 0.381 e. The number of anilines is 1. The summed E-state index contributed by atoms with van der Waals surface area (Å²) in [7, 11) is 0. The first-order chi connectivity index (χ1) is 10.6. The number of hydrogen-bond donors (Lipinski definition) is 1. The Morgan fingerprint density at radius 2 is 2.09 bits per heavy atom. The maximum Gasteiger partial charge on any atom is 0.227 e. The molecule has 2 atom stereocenters. The fourth-order valence-corrected chi connectivity index (χ4v) is 2.60. The van der Waals surface area contributed by atoms with Crippen molar-refractivity contribution in [2.24, 2.45) is 5.92 Å². The average Bonchev–Trinajstić information content (AvgIpc) is 2.49. The fourth-order valence-electron chi connectivity index (χ4n) is 2.44. The smallest absolute Gasteiger partial charge is 0.227 e. The summed E-state index contributed by atoms with van der Waals surface area (Å²) in [5, 5.41) is 3.29. The molecule has 0 spiro atoms. The molecule has 1 aliphatic heterocycles. The minimum atomic E-state index is -0.393. The van der Waals surface area contributed by atoms with Crippen LogP contribution in [0.3, 0.4) is 0 Å². The molecule has 0 saturated carbocycles. The Kier molecular flexibility index (Phi) is 4.49. The second kappa shape index (κ2) is 6.54. The first-order valence-electron chi connectivity index (χ1n) is 7.14. The van der Waals surface area contributed by atoms with E-state index >= 15 is 0 Å². The van der Waals surface area contributed by atoms with Gasteiger partial charge in [0.25, 0.3) is 0 Å². The van der Waals surface area contributed by atoms with Crippen LogP contribution in [0.15, 0.2) is 24.3 Å². The molecule has 116 valence electrons. The average molecular weight is 323 g/mol. The van der Waals surface area contributed by atoms with Crippen LogP contribution in [0.4, 0.5) is 10.3 Å². The van der Waals surface area contributed by atoms with E-state index in [-0.39, 0.29) is 17.1 Å². The molecule has 1 unspecified atom stereocenters. The molecule has 3 rings (SSSR count). The summed E-state index contributed by atoms with van der Waals surface area (Å²) in [5.74, 6) is 0.522. The Morgan fingerprint density at radius 3 is 2.86 bits per heavy atom. The van der Waals surface area contributed by atoms with Gasteiger partial charge in [0.15, 0.2) is 5.82 Å². The maximum absolute atomic E-state index is 13.9. The minimum Gasteiger partial charge on any atom is -0.381 e. The molecule has 7 heteroatoms. The predicted molar refractivity (Wildman–Crippen MR) is 82.2 cm³/mol. The van der Waals surface area contributed by atoms with Gasteiger partial charge in [0, 0.05) is 12.6 Å². The molecule has 1 saturated heterocycles. The first-order valence-corrected chi connectivity index (χ1v) is 7.52. The molecule has 5 nitrogen and oxygen atoms in total. The van der Waals surface area contributed by atoms with Gasteiger partial charge < -0.3 is 10.1 Å². The van der Waals surface area contributed by atoms with Crippen molar-refractivity contribution in [2.75, 3.05) is 18.5 Å². The number of ether oxygens (including phenoxy) is 1. The number of aromatic nitrogens is 3. The van der Waals surface area contributed by atoms with Crippen LogP contribution in [-0.4, -0.2) is 34.2 Å². The highest BCUT2D eigenvalue weighted by molar-refractivity contribution is 6.28. The van der Waals surface area contributed by atoms with Gasteiger partial charge >= 0.3 is 0 Å². The second-order valence-electron chi connectivity index (χ2n) is 5.32. The summed E-state index contributed by atoms with van der Waals surface area (Å²) in [6.07, 6.45) is 0.861. The Bertz CT molecular complexity index is 670. The number of hydrogen-bond acceptors (Lipinski definition) is 5. The van der Waals surface area contributed by atoms with Gasteiger partial charge in [-0.05, 0) is 36.1 Å². The highest BCUT2D eigenvalue weighted by atomic mass is 35.5. The van der Waals surface area contributed by atoms with Crippen LogP contribution < -0.4 is 5.32 Å². The normalized spacial score (nSPS) is 21.6. The van der Waals surface area contributed by atoms with E-state index in [0.29, 0.717) is 30.6 Å². The molecule has 0 bridgehead atoms. The number of nitrogens with one attached hydrogen (secondary N) is 1. The van der Waals surface area contributed by atoms with Gasteiger partial charge in [0.05, 0.1) is 12.2 Å². The quantitative estimate of drug-likeness (QED) is 0.940. The van der Waals surface area contributed by atoms with Gasteiger partial charge in [0.1, 0.15) is 5.82 Å². The topological polar surface area (TPSA) is 59.9 Å². The van der Waals surface area contributed by atoms with Gasteiger partial charge in [-0.2, -0.15) is 15.0 Å². The molecule has 2 aromatic rings. The lowest BCUT2D eigenvalue weighted by molar-refractivity contribution is 0.0536. The van der Waals surface area contributed by atoms with Crippen LogP contribution in [-0.2, 0) is 4.74 Å². The van der Waals surface area contributed by atoms with Crippen molar-refractivity contribution >= 4 is 17.5 Å². The van der Waals surface area contributed by atoms with Crippen LogP contribution in [0.2, 0.25) is 5.28 Å². The van der Waals surface area contributed by atoms with E-state index in [0.717, 1.165) is 6.42 Å². The van der Waals surface area contributed by atoms with E-state index in [1.54, 1.807) is 18.2 Å². The van der Waals surface area contributed by atoms with E-state index in [1.165, 1.54) is 6.07 Å². The van der Waals surface area contributed by atoms with Crippen molar-refractivity contribution < 1.29 is 9.13 Å². The molecule has 1 fully saturated rings. The molecular weight excluding hydrogens is 307 g/mol. The number of rotatable bonds is 3. The zero-order chi connectivity index (χ0) is 15.5.